The number of para-hydroxylation sites is 2. The van der Waals surface area contributed by atoms with Crippen LogP contribution in [0.3, 0.4) is 0 Å². The van der Waals surface area contributed by atoms with Crippen molar-refractivity contribution >= 4 is 22.8 Å². The molecule has 1 fully saturated rings. The Bertz CT molecular complexity index is 1330. The van der Waals surface area contributed by atoms with E-state index in [1.54, 1.807) is 0 Å². The molecule has 178 valence electrons. The van der Waals surface area contributed by atoms with Gasteiger partial charge in [-0.2, -0.15) is 0 Å². The molecule has 5 heteroatoms. The number of fused-ring (bicyclic) bond motifs is 1. The fourth-order valence-electron chi connectivity index (χ4n) is 4.63. The number of carbonyl (C=O) groups is 1. The highest BCUT2D eigenvalue weighted by Gasteiger charge is 2.24. The van der Waals surface area contributed by atoms with Gasteiger partial charge in [0.2, 0.25) is 0 Å². The molecule has 4 aromatic rings. The Morgan fingerprint density at radius 3 is 2.09 bits per heavy atom. The summed E-state index contributed by atoms with van der Waals surface area (Å²) >= 11 is 0. The minimum Gasteiger partial charge on any atom is -0.353 e. The van der Waals surface area contributed by atoms with Crippen molar-refractivity contribution in [2.45, 2.75) is 32.6 Å². The molecule has 0 radical (unpaired) electrons. The number of hydrogen-bond acceptors (Lipinski definition) is 4. The summed E-state index contributed by atoms with van der Waals surface area (Å²) in [6.45, 7) is 9.50. The SMILES string of the molecule is CC(C)(C)c1ccc(C(=O)N2CCCN(c3nc4ccccc4nc3-c3ccccc3)CC2)cc1. The van der Waals surface area contributed by atoms with Crippen LogP contribution < -0.4 is 4.90 Å². The zero-order valence-electron chi connectivity index (χ0n) is 20.7. The topological polar surface area (TPSA) is 49.3 Å². The number of nitrogens with zero attached hydrogens (tertiary/aromatic N) is 4. The van der Waals surface area contributed by atoms with Crippen molar-refractivity contribution in [1.82, 2.24) is 14.9 Å². The minimum absolute atomic E-state index is 0.0715. The summed E-state index contributed by atoms with van der Waals surface area (Å²) in [6.07, 6.45) is 0.883. The molecule has 0 unspecified atom stereocenters. The van der Waals surface area contributed by atoms with Crippen molar-refractivity contribution in [3.8, 4) is 11.3 Å². The molecule has 1 saturated heterocycles. The van der Waals surface area contributed by atoms with Crippen LogP contribution in [0.4, 0.5) is 5.82 Å². The first-order chi connectivity index (χ1) is 16.9. The summed E-state index contributed by atoms with van der Waals surface area (Å²) in [5.74, 6) is 0.985. The lowest BCUT2D eigenvalue weighted by atomic mass is 9.86. The Morgan fingerprint density at radius 2 is 1.40 bits per heavy atom. The summed E-state index contributed by atoms with van der Waals surface area (Å²) in [6, 6.07) is 26.3. The number of rotatable bonds is 3. The monoisotopic (exact) mass is 464 g/mol. The number of amides is 1. The summed E-state index contributed by atoms with van der Waals surface area (Å²) in [5.41, 5.74) is 5.78. The van der Waals surface area contributed by atoms with E-state index in [9.17, 15) is 4.79 Å². The van der Waals surface area contributed by atoms with Gasteiger partial charge in [-0.3, -0.25) is 4.79 Å². The van der Waals surface area contributed by atoms with Gasteiger partial charge in [-0.25, -0.2) is 9.97 Å². The average molecular weight is 465 g/mol. The number of carbonyl (C=O) groups excluding carboxylic acids is 1. The lowest BCUT2D eigenvalue weighted by molar-refractivity contribution is 0.0767. The van der Waals surface area contributed by atoms with Crippen molar-refractivity contribution in [1.29, 1.82) is 0 Å². The summed E-state index contributed by atoms with van der Waals surface area (Å²) in [4.78, 5) is 27.6. The summed E-state index contributed by atoms with van der Waals surface area (Å²) < 4.78 is 0. The van der Waals surface area contributed by atoms with Gasteiger partial charge >= 0.3 is 0 Å². The number of hydrogen-bond donors (Lipinski definition) is 0. The predicted octanol–water partition coefficient (Wildman–Crippen LogP) is 5.95. The van der Waals surface area contributed by atoms with Crippen LogP contribution in [0.15, 0.2) is 78.9 Å². The second kappa shape index (κ2) is 9.49. The molecule has 0 saturated carbocycles. The van der Waals surface area contributed by atoms with E-state index in [0.717, 1.165) is 59.7 Å². The van der Waals surface area contributed by atoms with Crippen LogP contribution in [-0.4, -0.2) is 47.0 Å². The lowest BCUT2D eigenvalue weighted by Gasteiger charge is -2.25. The lowest BCUT2D eigenvalue weighted by Crippen LogP contribution is -2.35. The molecule has 1 aliphatic rings. The highest BCUT2D eigenvalue weighted by Crippen LogP contribution is 2.30. The van der Waals surface area contributed by atoms with E-state index >= 15 is 0 Å². The normalized spacial score (nSPS) is 14.7. The van der Waals surface area contributed by atoms with Gasteiger partial charge in [0, 0.05) is 37.3 Å². The van der Waals surface area contributed by atoms with E-state index in [1.165, 1.54) is 5.56 Å². The van der Waals surface area contributed by atoms with Gasteiger partial charge in [0.15, 0.2) is 5.82 Å². The molecule has 0 bridgehead atoms. The summed E-state index contributed by atoms with van der Waals surface area (Å²) in [7, 11) is 0. The first-order valence-corrected chi connectivity index (χ1v) is 12.4. The zero-order chi connectivity index (χ0) is 24.4. The molecular formula is C30H32N4O. The van der Waals surface area contributed by atoms with Crippen molar-refractivity contribution in [2.75, 3.05) is 31.1 Å². The zero-order valence-corrected chi connectivity index (χ0v) is 20.7. The maximum atomic E-state index is 13.3. The Hall–Kier alpha value is -3.73. The minimum atomic E-state index is 0.0715. The fourth-order valence-corrected chi connectivity index (χ4v) is 4.63. The van der Waals surface area contributed by atoms with Crippen LogP contribution >= 0.6 is 0 Å². The maximum Gasteiger partial charge on any atom is 0.253 e. The smallest absolute Gasteiger partial charge is 0.253 e. The average Bonchev–Trinajstić information content (AvgIpc) is 3.14. The highest BCUT2D eigenvalue weighted by molar-refractivity contribution is 5.94. The van der Waals surface area contributed by atoms with Crippen LogP contribution in [0.2, 0.25) is 0 Å². The largest absolute Gasteiger partial charge is 0.353 e. The van der Waals surface area contributed by atoms with E-state index in [-0.39, 0.29) is 11.3 Å². The van der Waals surface area contributed by atoms with Gasteiger partial charge in [0.25, 0.3) is 5.91 Å². The Labute approximate surface area is 207 Å². The van der Waals surface area contributed by atoms with E-state index < -0.39 is 0 Å². The summed E-state index contributed by atoms with van der Waals surface area (Å²) in [5, 5.41) is 0. The predicted molar refractivity (Wildman–Crippen MR) is 143 cm³/mol. The molecule has 0 spiro atoms. The Morgan fingerprint density at radius 1 is 0.743 bits per heavy atom. The molecule has 5 rings (SSSR count). The van der Waals surface area contributed by atoms with Gasteiger partial charge in [-0.15, -0.1) is 0 Å². The quantitative estimate of drug-likeness (QED) is 0.376. The number of anilines is 1. The molecule has 0 aliphatic carbocycles. The first kappa shape index (κ1) is 23.0. The number of benzene rings is 3. The van der Waals surface area contributed by atoms with E-state index in [4.69, 9.17) is 9.97 Å². The molecule has 2 heterocycles. The van der Waals surface area contributed by atoms with Crippen molar-refractivity contribution < 1.29 is 4.79 Å². The van der Waals surface area contributed by atoms with Gasteiger partial charge in [-0.05, 0) is 41.7 Å². The van der Waals surface area contributed by atoms with Crippen molar-refractivity contribution in [2.24, 2.45) is 0 Å². The second-order valence-electron chi connectivity index (χ2n) is 10.2. The van der Waals surface area contributed by atoms with Crippen molar-refractivity contribution in [3.63, 3.8) is 0 Å². The second-order valence-corrected chi connectivity index (χ2v) is 10.2. The van der Waals surface area contributed by atoms with E-state index in [1.807, 2.05) is 59.5 Å². The molecule has 0 atom stereocenters. The fraction of sp³-hybridized carbons (Fsp3) is 0.300. The molecule has 5 nitrogen and oxygen atoms in total. The van der Waals surface area contributed by atoms with Crippen LogP contribution in [0, 0.1) is 0 Å². The van der Waals surface area contributed by atoms with Crippen molar-refractivity contribution in [3.05, 3.63) is 90.0 Å². The Balaban J connectivity index is 1.40. The van der Waals surface area contributed by atoms with Crippen LogP contribution in [0.25, 0.3) is 22.3 Å². The standard InChI is InChI=1S/C30H32N4O/c1-30(2,3)24-16-14-23(15-17-24)29(35)34-19-9-18-33(20-21-34)28-27(22-10-5-4-6-11-22)31-25-12-7-8-13-26(25)32-28/h4-8,10-17H,9,18-21H2,1-3H3. The van der Waals surface area contributed by atoms with Crippen LogP contribution in [0.5, 0.6) is 0 Å². The number of aromatic nitrogens is 2. The van der Waals surface area contributed by atoms with Gasteiger partial charge in [-0.1, -0.05) is 75.4 Å². The molecule has 35 heavy (non-hydrogen) atoms. The van der Waals surface area contributed by atoms with E-state index in [2.05, 4.69) is 49.9 Å². The molecule has 1 amide bonds. The Kier molecular flexibility index (Phi) is 6.25. The molecule has 0 N–H and O–H groups in total. The third-order valence-electron chi connectivity index (χ3n) is 6.68. The van der Waals surface area contributed by atoms with Gasteiger partial charge in [0.05, 0.1) is 11.0 Å². The maximum absolute atomic E-state index is 13.3. The molecular weight excluding hydrogens is 432 g/mol. The third-order valence-corrected chi connectivity index (χ3v) is 6.68. The molecule has 3 aromatic carbocycles. The van der Waals surface area contributed by atoms with E-state index in [0.29, 0.717) is 6.54 Å². The van der Waals surface area contributed by atoms with Gasteiger partial charge < -0.3 is 9.80 Å². The van der Waals surface area contributed by atoms with Crippen LogP contribution in [0.1, 0.15) is 43.1 Å². The molecule has 1 aromatic heterocycles. The highest BCUT2D eigenvalue weighted by atomic mass is 16.2. The van der Waals surface area contributed by atoms with Crippen LogP contribution in [-0.2, 0) is 5.41 Å². The first-order valence-electron chi connectivity index (χ1n) is 12.4. The third kappa shape index (κ3) is 4.90. The van der Waals surface area contributed by atoms with Gasteiger partial charge in [0.1, 0.15) is 5.69 Å². The molecule has 1 aliphatic heterocycles.